The summed E-state index contributed by atoms with van der Waals surface area (Å²) >= 11 is 0. The van der Waals surface area contributed by atoms with E-state index in [-0.39, 0.29) is 17.8 Å². The van der Waals surface area contributed by atoms with Crippen LogP contribution in [-0.4, -0.2) is 33.1 Å². The highest BCUT2D eigenvalue weighted by Gasteiger charge is 2.21. The maximum absolute atomic E-state index is 12.0. The smallest absolute Gasteiger partial charge is 0.300 e. The number of H-pyrrole nitrogens is 1. The van der Waals surface area contributed by atoms with Crippen LogP contribution in [0.5, 0.6) is 0 Å². The molecule has 0 radical (unpaired) electrons. The predicted molar refractivity (Wildman–Crippen MR) is 70.2 cm³/mol. The van der Waals surface area contributed by atoms with Crippen molar-refractivity contribution in [2.45, 2.75) is 6.54 Å². The van der Waals surface area contributed by atoms with Gasteiger partial charge in [-0.15, -0.1) is 0 Å². The van der Waals surface area contributed by atoms with E-state index in [2.05, 4.69) is 25.8 Å². The van der Waals surface area contributed by atoms with E-state index in [0.29, 0.717) is 5.82 Å². The zero-order valence-electron chi connectivity index (χ0n) is 10.6. The third-order valence-corrected chi connectivity index (χ3v) is 2.59. The Balaban J connectivity index is 2.20. The van der Waals surface area contributed by atoms with Crippen LogP contribution in [0.4, 0.5) is 11.5 Å². The summed E-state index contributed by atoms with van der Waals surface area (Å²) in [5, 5.41) is 22.6. The van der Waals surface area contributed by atoms with Crippen molar-refractivity contribution < 1.29 is 9.72 Å². The number of rotatable bonds is 5. The molecule has 0 aliphatic rings. The van der Waals surface area contributed by atoms with Gasteiger partial charge in [0.15, 0.2) is 0 Å². The first-order chi connectivity index (χ1) is 9.61. The van der Waals surface area contributed by atoms with Gasteiger partial charge in [0.05, 0.1) is 11.1 Å². The highest BCUT2D eigenvalue weighted by atomic mass is 16.6. The lowest BCUT2D eigenvalue weighted by atomic mass is 10.2. The molecule has 2 heterocycles. The lowest BCUT2D eigenvalue weighted by molar-refractivity contribution is -0.385. The fraction of sp³-hybridized carbons (Fsp3) is 0.182. The van der Waals surface area contributed by atoms with Gasteiger partial charge in [-0.1, -0.05) is 0 Å². The predicted octanol–water partition coefficient (Wildman–Crippen LogP) is 0.685. The Bertz CT molecular complexity index is 625. The number of hydrogen-bond donors (Lipinski definition) is 3. The number of amides is 1. The van der Waals surface area contributed by atoms with Crippen molar-refractivity contribution in [2.24, 2.45) is 0 Å². The molecule has 9 nitrogen and oxygen atoms in total. The van der Waals surface area contributed by atoms with Crippen LogP contribution in [-0.2, 0) is 6.54 Å². The summed E-state index contributed by atoms with van der Waals surface area (Å²) < 4.78 is 0. The Morgan fingerprint density at radius 2 is 2.30 bits per heavy atom. The number of carbonyl (C=O) groups excluding carboxylic acids is 1. The second kappa shape index (κ2) is 5.78. The molecule has 1 amide bonds. The molecule has 20 heavy (non-hydrogen) atoms. The van der Waals surface area contributed by atoms with E-state index in [1.807, 2.05) is 0 Å². The van der Waals surface area contributed by atoms with E-state index in [1.165, 1.54) is 6.07 Å². The SMILES string of the molecule is CNc1cc(C(=O)NCc2cn[nH]c2)c([N+](=O)[O-])cn1. The monoisotopic (exact) mass is 276 g/mol. The van der Waals surface area contributed by atoms with Crippen molar-refractivity contribution >= 4 is 17.4 Å². The third kappa shape index (κ3) is 2.88. The second-order valence-corrected chi connectivity index (χ2v) is 3.88. The number of nitrogens with one attached hydrogen (secondary N) is 3. The van der Waals surface area contributed by atoms with Gasteiger partial charge in [0.25, 0.3) is 11.6 Å². The molecule has 0 fully saturated rings. The molecule has 3 N–H and O–H groups in total. The number of nitrogens with zero attached hydrogens (tertiary/aromatic N) is 3. The highest BCUT2D eigenvalue weighted by molar-refractivity contribution is 5.98. The van der Waals surface area contributed by atoms with Crippen molar-refractivity contribution in [3.05, 3.63) is 45.9 Å². The molecule has 104 valence electrons. The Kier molecular flexibility index (Phi) is 3.89. The third-order valence-electron chi connectivity index (χ3n) is 2.59. The van der Waals surface area contributed by atoms with Crippen LogP contribution in [0.1, 0.15) is 15.9 Å². The molecule has 2 aromatic heterocycles. The lowest BCUT2D eigenvalue weighted by Crippen LogP contribution is -2.23. The Labute approximate surface area is 113 Å². The molecule has 0 spiro atoms. The molecule has 0 saturated carbocycles. The van der Waals surface area contributed by atoms with Crippen molar-refractivity contribution in [2.75, 3.05) is 12.4 Å². The van der Waals surface area contributed by atoms with Crippen LogP contribution in [0, 0.1) is 10.1 Å². The molecule has 0 aliphatic carbocycles. The van der Waals surface area contributed by atoms with E-state index >= 15 is 0 Å². The first kappa shape index (κ1) is 13.5. The largest absolute Gasteiger partial charge is 0.373 e. The molecule has 9 heteroatoms. The molecule has 2 rings (SSSR count). The molecule has 0 aliphatic heterocycles. The van der Waals surface area contributed by atoms with E-state index in [0.717, 1.165) is 11.8 Å². The lowest BCUT2D eigenvalue weighted by Gasteiger charge is -2.06. The molecule has 0 unspecified atom stereocenters. The fourth-order valence-corrected chi connectivity index (χ4v) is 1.56. The Morgan fingerprint density at radius 3 is 2.90 bits per heavy atom. The van der Waals surface area contributed by atoms with Gasteiger partial charge in [-0.25, -0.2) is 4.98 Å². The van der Waals surface area contributed by atoms with Crippen molar-refractivity contribution in [3.8, 4) is 0 Å². The van der Waals surface area contributed by atoms with Crippen LogP contribution in [0.25, 0.3) is 0 Å². The van der Waals surface area contributed by atoms with Gasteiger partial charge in [0.2, 0.25) is 0 Å². The normalized spacial score (nSPS) is 10.1. The van der Waals surface area contributed by atoms with Gasteiger partial charge in [0, 0.05) is 31.4 Å². The number of carbonyl (C=O) groups is 1. The highest BCUT2D eigenvalue weighted by Crippen LogP contribution is 2.20. The molecular formula is C11H12N6O3. The van der Waals surface area contributed by atoms with Crippen molar-refractivity contribution in [3.63, 3.8) is 0 Å². The van der Waals surface area contributed by atoms with Gasteiger partial charge in [-0.2, -0.15) is 5.10 Å². The summed E-state index contributed by atoms with van der Waals surface area (Å²) in [5.41, 5.74) is 0.385. The summed E-state index contributed by atoms with van der Waals surface area (Å²) in [6.07, 6.45) is 4.24. The van der Waals surface area contributed by atoms with Crippen LogP contribution in [0.15, 0.2) is 24.7 Å². The zero-order valence-corrected chi connectivity index (χ0v) is 10.6. The summed E-state index contributed by atoms with van der Waals surface area (Å²) in [4.78, 5) is 26.1. The topological polar surface area (TPSA) is 126 Å². The Morgan fingerprint density at radius 1 is 1.50 bits per heavy atom. The summed E-state index contributed by atoms with van der Waals surface area (Å²) in [6, 6.07) is 1.34. The molecular weight excluding hydrogens is 264 g/mol. The average molecular weight is 276 g/mol. The van der Waals surface area contributed by atoms with E-state index in [9.17, 15) is 14.9 Å². The maximum Gasteiger partial charge on any atom is 0.300 e. The summed E-state index contributed by atoms with van der Waals surface area (Å²) in [5.74, 6) is -0.166. The number of aromatic amines is 1. The van der Waals surface area contributed by atoms with E-state index in [1.54, 1.807) is 19.4 Å². The zero-order chi connectivity index (χ0) is 14.5. The number of pyridine rings is 1. The molecule has 0 atom stereocenters. The van der Waals surface area contributed by atoms with Gasteiger partial charge >= 0.3 is 0 Å². The van der Waals surface area contributed by atoms with Crippen LogP contribution < -0.4 is 10.6 Å². The minimum absolute atomic E-state index is 0.0437. The Hall–Kier alpha value is -2.97. The average Bonchev–Trinajstić information content (AvgIpc) is 2.97. The maximum atomic E-state index is 12.0. The minimum atomic E-state index is -0.640. The number of aromatic nitrogens is 3. The first-order valence-corrected chi connectivity index (χ1v) is 5.70. The van der Waals surface area contributed by atoms with Gasteiger partial charge < -0.3 is 10.6 Å². The summed E-state index contributed by atoms with van der Waals surface area (Å²) in [7, 11) is 1.61. The number of anilines is 1. The van der Waals surface area contributed by atoms with Gasteiger partial charge in [-0.05, 0) is 0 Å². The standard InChI is InChI=1S/C11H12N6O3/c1-12-10-2-8(9(6-13-10)17(19)20)11(18)14-3-7-4-15-16-5-7/h2,4-6H,3H2,1H3,(H,12,13)(H,14,18)(H,15,16). The van der Waals surface area contributed by atoms with E-state index in [4.69, 9.17) is 0 Å². The van der Waals surface area contributed by atoms with E-state index < -0.39 is 10.8 Å². The number of nitro groups is 1. The fourth-order valence-electron chi connectivity index (χ4n) is 1.56. The second-order valence-electron chi connectivity index (χ2n) is 3.88. The quantitative estimate of drug-likeness (QED) is 0.544. The van der Waals surface area contributed by atoms with Crippen LogP contribution in [0.2, 0.25) is 0 Å². The number of hydrogen-bond acceptors (Lipinski definition) is 6. The van der Waals surface area contributed by atoms with Crippen molar-refractivity contribution in [1.82, 2.24) is 20.5 Å². The molecule has 0 aromatic carbocycles. The van der Waals surface area contributed by atoms with Crippen molar-refractivity contribution in [1.29, 1.82) is 0 Å². The van der Waals surface area contributed by atoms with Gasteiger partial charge in [-0.3, -0.25) is 20.0 Å². The van der Waals surface area contributed by atoms with Crippen LogP contribution in [0.3, 0.4) is 0 Å². The molecule has 2 aromatic rings. The van der Waals surface area contributed by atoms with Gasteiger partial charge in [0.1, 0.15) is 17.6 Å². The first-order valence-electron chi connectivity index (χ1n) is 5.70. The summed E-state index contributed by atoms with van der Waals surface area (Å²) in [6.45, 7) is 0.226. The van der Waals surface area contributed by atoms with Crippen LogP contribution >= 0.6 is 0 Å². The molecule has 0 saturated heterocycles. The minimum Gasteiger partial charge on any atom is -0.373 e. The molecule has 0 bridgehead atoms.